The lowest BCUT2D eigenvalue weighted by molar-refractivity contribution is -0.125. The number of carbonyl (C=O) groups excluding carboxylic acids is 4. The standard InChI is InChI=1S/C25H27N3O4/c1-15-8-9-18(14-16(15)2)23(30)27-12-10-19(11-13-27)26-22(29)17(3)28-24(31)20-6-4-5-7-21(20)25(28)32/h4-9,14,17,19H,10-13H2,1-3H3,(H,26,29). The predicted octanol–water partition coefficient (Wildman–Crippen LogP) is 2.71. The zero-order chi connectivity index (χ0) is 23.0. The Morgan fingerprint density at radius 3 is 2.09 bits per heavy atom. The molecule has 32 heavy (non-hydrogen) atoms. The fourth-order valence-corrected chi connectivity index (χ4v) is 4.28. The first kappa shape index (κ1) is 21.7. The summed E-state index contributed by atoms with van der Waals surface area (Å²) >= 11 is 0. The van der Waals surface area contributed by atoms with Gasteiger partial charge in [-0.1, -0.05) is 18.2 Å². The van der Waals surface area contributed by atoms with Crippen molar-refractivity contribution >= 4 is 23.6 Å². The Bertz CT molecular complexity index is 1070. The number of hydrogen-bond donors (Lipinski definition) is 1. The Morgan fingerprint density at radius 1 is 0.938 bits per heavy atom. The van der Waals surface area contributed by atoms with Crippen molar-refractivity contribution in [1.29, 1.82) is 0 Å². The molecule has 1 unspecified atom stereocenters. The molecule has 1 saturated heterocycles. The summed E-state index contributed by atoms with van der Waals surface area (Å²) < 4.78 is 0. The van der Waals surface area contributed by atoms with E-state index >= 15 is 0 Å². The number of amides is 4. The van der Waals surface area contributed by atoms with Gasteiger partial charge in [0, 0.05) is 24.7 Å². The second-order valence-electron chi connectivity index (χ2n) is 8.58. The third kappa shape index (κ3) is 3.90. The van der Waals surface area contributed by atoms with Gasteiger partial charge in [-0.05, 0) is 69.0 Å². The van der Waals surface area contributed by atoms with E-state index in [9.17, 15) is 19.2 Å². The van der Waals surface area contributed by atoms with Crippen LogP contribution in [-0.4, -0.2) is 58.6 Å². The lowest BCUT2D eigenvalue weighted by Gasteiger charge is -2.33. The van der Waals surface area contributed by atoms with Gasteiger partial charge >= 0.3 is 0 Å². The van der Waals surface area contributed by atoms with Crippen LogP contribution in [0.5, 0.6) is 0 Å². The molecule has 0 spiro atoms. The van der Waals surface area contributed by atoms with Crippen molar-refractivity contribution in [2.75, 3.05) is 13.1 Å². The first-order valence-corrected chi connectivity index (χ1v) is 10.9. The highest BCUT2D eigenvalue weighted by atomic mass is 16.2. The minimum Gasteiger partial charge on any atom is -0.351 e. The molecule has 0 saturated carbocycles. The number of fused-ring (bicyclic) bond motifs is 1. The number of benzene rings is 2. The summed E-state index contributed by atoms with van der Waals surface area (Å²) in [5.41, 5.74) is 3.57. The van der Waals surface area contributed by atoms with Crippen molar-refractivity contribution < 1.29 is 19.2 Å². The van der Waals surface area contributed by atoms with Crippen LogP contribution in [0, 0.1) is 13.8 Å². The highest BCUT2D eigenvalue weighted by Crippen LogP contribution is 2.25. The third-order valence-corrected chi connectivity index (χ3v) is 6.47. The average Bonchev–Trinajstić information content (AvgIpc) is 3.05. The van der Waals surface area contributed by atoms with Gasteiger partial charge in [-0.15, -0.1) is 0 Å². The first-order chi connectivity index (χ1) is 15.3. The molecular formula is C25H27N3O4. The van der Waals surface area contributed by atoms with Crippen LogP contribution in [0.15, 0.2) is 42.5 Å². The van der Waals surface area contributed by atoms with E-state index in [4.69, 9.17) is 0 Å². The van der Waals surface area contributed by atoms with E-state index in [0.29, 0.717) is 42.6 Å². The molecular weight excluding hydrogens is 406 g/mol. The summed E-state index contributed by atoms with van der Waals surface area (Å²) in [4.78, 5) is 53.7. The highest BCUT2D eigenvalue weighted by molar-refractivity contribution is 6.22. The Balaban J connectivity index is 1.34. The molecule has 2 aliphatic heterocycles. The van der Waals surface area contributed by atoms with E-state index < -0.39 is 17.9 Å². The van der Waals surface area contributed by atoms with Crippen molar-refractivity contribution in [3.05, 3.63) is 70.3 Å². The van der Waals surface area contributed by atoms with E-state index in [2.05, 4.69) is 5.32 Å². The van der Waals surface area contributed by atoms with Gasteiger partial charge in [0.2, 0.25) is 5.91 Å². The smallest absolute Gasteiger partial charge is 0.262 e. The zero-order valence-electron chi connectivity index (χ0n) is 18.6. The van der Waals surface area contributed by atoms with Crippen molar-refractivity contribution in [2.45, 2.75) is 45.7 Å². The van der Waals surface area contributed by atoms with Crippen molar-refractivity contribution in [2.24, 2.45) is 0 Å². The van der Waals surface area contributed by atoms with Crippen molar-refractivity contribution in [3.8, 4) is 0 Å². The molecule has 0 aliphatic carbocycles. The largest absolute Gasteiger partial charge is 0.351 e. The molecule has 1 atom stereocenters. The number of carbonyl (C=O) groups is 4. The van der Waals surface area contributed by atoms with Gasteiger partial charge in [-0.3, -0.25) is 24.1 Å². The molecule has 1 fully saturated rings. The summed E-state index contributed by atoms with van der Waals surface area (Å²) in [5.74, 6) is -1.25. The molecule has 1 N–H and O–H groups in total. The summed E-state index contributed by atoms with van der Waals surface area (Å²) in [5, 5.41) is 2.96. The lowest BCUT2D eigenvalue weighted by Crippen LogP contribution is -2.53. The van der Waals surface area contributed by atoms with Gasteiger partial charge < -0.3 is 10.2 Å². The monoisotopic (exact) mass is 433 g/mol. The second-order valence-corrected chi connectivity index (χ2v) is 8.58. The van der Waals surface area contributed by atoms with E-state index in [-0.39, 0.29) is 17.9 Å². The van der Waals surface area contributed by atoms with Gasteiger partial charge in [-0.25, -0.2) is 0 Å². The highest BCUT2D eigenvalue weighted by Gasteiger charge is 2.41. The summed E-state index contributed by atoms with van der Waals surface area (Å²) in [6.07, 6.45) is 1.24. The van der Waals surface area contributed by atoms with Crippen molar-refractivity contribution in [3.63, 3.8) is 0 Å². The molecule has 2 aromatic carbocycles. The molecule has 166 valence electrons. The molecule has 0 aromatic heterocycles. The Kier molecular flexibility index (Phi) is 5.82. The van der Waals surface area contributed by atoms with E-state index in [1.807, 2.05) is 32.0 Å². The summed E-state index contributed by atoms with van der Waals surface area (Å²) in [7, 11) is 0. The van der Waals surface area contributed by atoms with Gasteiger partial charge in [0.05, 0.1) is 11.1 Å². The molecule has 2 heterocycles. The number of piperidine rings is 1. The van der Waals surface area contributed by atoms with Crippen LogP contribution in [0.1, 0.15) is 62.0 Å². The number of imide groups is 1. The molecule has 4 rings (SSSR count). The fourth-order valence-electron chi connectivity index (χ4n) is 4.28. The number of nitrogens with one attached hydrogen (secondary N) is 1. The van der Waals surface area contributed by atoms with E-state index in [1.165, 1.54) is 0 Å². The van der Waals surface area contributed by atoms with Crippen LogP contribution in [0.3, 0.4) is 0 Å². The van der Waals surface area contributed by atoms with Crippen molar-refractivity contribution in [1.82, 2.24) is 15.1 Å². The second kappa shape index (κ2) is 8.57. The molecule has 0 bridgehead atoms. The number of likely N-dealkylation sites (tertiary alicyclic amines) is 1. The number of nitrogens with zero attached hydrogens (tertiary/aromatic N) is 2. The van der Waals surface area contributed by atoms with Gasteiger partial charge in [0.15, 0.2) is 0 Å². The molecule has 4 amide bonds. The quantitative estimate of drug-likeness (QED) is 0.751. The van der Waals surface area contributed by atoms with Gasteiger partial charge in [-0.2, -0.15) is 0 Å². The number of rotatable bonds is 4. The van der Waals surface area contributed by atoms with E-state index in [0.717, 1.165) is 16.0 Å². The third-order valence-electron chi connectivity index (χ3n) is 6.47. The molecule has 7 heteroatoms. The fraction of sp³-hybridized carbons (Fsp3) is 0.360. The van der Waals surface area contributed by atoms with Crippen LogP contribution in [-0.2, 0) is 4.79 Å². The Hall–Kier alpha value is -3.48. The van der Waals surface area contributed by atoms with Crippen LogP contribution in [0.4, 0.5) is 0 Å². The summed E-state index contributed by atoms with van der Waals surface area (Å²) in [6.45, 7) is 6.65. The average molecular weight is 434 g/mol. The maximum Gasteiger partial charge on any atom is 0.262 e. The number of hydrogen-bond acceptors (Lipinski definition) is 4. The zero-order valence-corrected chi connectivity index (χ0v) is 18.6. The molecule has 2 aliphatic rings. The van der Waals surface area contributed by atoms with Gasteiger partial charge in [0.1, 0.15) is 6.04 Å². The van der Waals surface area contributed by atoms with E-state index in [1.54, 1.807) is 36.1 Å². The maximum absolute atomic E-state index is 12.8. The van der Waals surface area contributed by atoms with Crippen LogP contribution >= 0.6 is 0 Å². The maximum atomic E-state index is 12.8. The van der Waals surface area contributed by atoms with Gasteiger partial charge in [0.25, 0.3) is 17.7 Å². The molecule has 0 radical (unpaired) electrons. The Labute approximate surface area is 187 Å². The first-order valence-electron chi connectivity index (χ1n) is 10.9. The minimum atomic E-state index is -0.905. The molecule has 2 aromatic rings. The van der Waals surface area contributed by atoms with Crippen LogP contribution in [0.25, 0.3) is 0 Å². The molecule has 7 nitrogen and oxygen atoms in total. The predicted molar refractivity (Wildman–Crippen MR) is 119 cm³/mol. The topological polar surface area (TPSA) is 86.8 Å². The SMILES string of the molecule is Cc1ccc(C(=O)N2CCC(NC(=O)C(C)N3C(=O)c4ccccc4C3=O)CC2)cc1C. The minimum absolute atomic E-state index is 0.00253. The number of aryl methyl sites for hydroxylation is 2. The Morgan fingerprint density at radius 2 is 1.53 bits per heavy atom. The van der Waals surface area contributed by atoms with Crippen LogP contribution in [0.2, 0.25) is 0 Å². The normalized spacial score (nSPS) is 17.3. The lowest BCUT2D eigenvalue weighted by atomic mass is 10.0. The van der Waals surface area contributed by atoms with Crippen LogP contribution < -0.4 is 5.32 Å². The summed E-state index contributed by atoms with van der Waals surface area (Å²) in [6, 6.07) is 11.3.